The van der Waals surface area contributed by atoms with E-state index in [0.717, 1.165) is 16.9 Å². The molecule has 0 atom stereocenters. The first kappa shape index (κ1) is 28.9. The van der Waals surface area contributed by atoms with Crippen molar-refractivity contribution in [2.24, 2.45) is 0 Å². The van der Waals surface area contributed by atoms with Gasteiger partial charge in [-0.25, -0.2) is 9.69 Å². The van der Waals surface area contributed by atoms with E-state index in [-0.39, 0.29) is 23.8 Å². The van der Waals surface area contributed by atoms with Crippen LogP contribution in [0.5, 0.6) is 17.2 Å². The number of carbonyl (C=O) groups is 4. The van der Waals surface area contributed by atoms with Gasteiger partial charge < -0.3 is 19.5 Å². The summed E-state index contributed by atoms with van der Waals surface area (Å²) in [5.41, 5.74) is 2.17. The topological polar surface area (TPSA) is 123 Å². The summed E-state index contributed by atoms with van der Waals surface area (Å²) in [4.78, 5) is 51.9. The number of benzene rings is 3. The standard InChI is InChI=1S/C31H31N3O7/c1-4-15-40-26-14-13-23(18-27(26)39-5-2)34-30(37)25(29(36)33-31(34)38)17-21-7-6-8-24(16-21)41-19-28(35)32-22-11-9-20(3)10-12-22/h6-14,16-18H,4-5,15,19H2,1-3H3,(H,32,35)(H,33,36,38)/b25-17-. The Labute approximate surface area is 237 Å². The first-order valence-electron chi connectivity index (χ1n) is 13.2. The molecule has 0 bridgehead atoms. The molecule has 0 spiro atoms. The summed E-state index contributed by atoms with van der Waals surface area (Å²) in [6.07, 6.45) is 2.15. The number of nitrogens with zero attached hydrogens (tertiary/aromatic N) is 1. The molecule has 0 unspecified atom stereocenters. The highest BCUT2D eigenvalue weighted by Crippen LogP contribution is 2.34. The van der Waals surface area contributed by atoms with Crippen LogP contribution in [0.2, 0.25) is 0 Å². The Kier molecular flexibility index (Phi) is 9.36. The summed E-state index contributed by atoms with van der Waals surface area (Å²) in [6.45, 7) is 6.32. The predicted molar refractivity (Wildman–Crippen MR) is 154 cm³/mol. The van der Waals surface area contributed by atoms with Gasteiger partial charge in [-0.3, -0.25) is 19.7 Å². The highest BCUT2D eigenvalue weighted by Gasteiger charge is 2.37. The zero-order valence-corrected chi connectivity index (χ0v) is 23.1. The highest BCUT2D eigenvalue weighted by molar-refractivity contribution is 6.39. The number of nitrogens with one attached hydrogen (secondary N) is 2. The van der Waals surface area contributed by atoms with Gasteiger partial charge in [0.2, 0.25) is 0 Å². The number of ether oxygens (including phenoxy) is 3. The molecule has 4 rings (SSSR count). The smallest absolute Gasteiger partial charge is 0.335 e. The van der Waals surface area contributed by atoms with Gasteiger partial charge in [0.05, 0.1) is 18.9 Å². The number of hydrogen-bond donors (Lipinski definition) is 2. The van der Waals surface area contributed by atoms with Gasteiger partial charge in [-0.15, -0.1) is 0 Å². The van der Waals surface area contributed by atoms with Crippen LogP contribution in [-0.4, -0.2) is 43.6 Å². The number of carbonyl (C=O) groups excluding carboxylic acids is 4. The monoisotopic (exact) mass is 557 g/mol. The van der Waals surface area contributed by atoms with E-state index in [2.05, 4.69) is 10.6 Å². The number of amides is 5. The lowest BCUT2D eigenvalue weighted by Gasteiger charge is -2.27. The van der Waals surface area contributed by atoms with Gasteiger partial charge in [-0.1, -0.05) is 36.8 Å². The van der Waals surface area contributed by atoms with Crippen LogP contribution in [0.4, 0.5) is 16.2 Å². The Bertz CT molecular complexity index is 1480. The summed E-state index contributed by atoms with van der Waals surface area (Å²) in [6, 6.07) is 17.8. The minimum atomic E-state index is -0.876. The van der Waals surface area contributed by atoms with Crippen molar-refractivity contribution in [2.75, 3.05) is 30.0 Å². The van der Waals surface area contributed by atoms with Crippen molar-refractivity contribution in [1.29, 1.82) is 0 Å². The Hall–Kier alpha value is -5.12. The van der Waals surface area contributed by atoms with Crippen LogP contribution in [0.15, 0.2) is 72.3 Å². The van der Waals surface area contributed by atoms with E-state index in [1.807, 2.05) is 32.9 Å². The molecular formula is C31H31N3O7. The zero-order valence-electron chi connectivity index (χ0n) is 23.1. The molecule has 5 amide bonds. The maximum atomic E-state index is 13.4. The summed E-state index contributed by atoms with van der Waals surface area (Å²) < 4.78 is 17.0. The number of barbiturate groups is 1. The molecule has 1 aliphatic heterocycles. The summed E-state index contributed by atoms with van der Waals surface area (Å²) >= 11 is 0. The molecule has 41 heavy (non-hydrogen) atoms. The average molecular weight is 558 g/mol. The Morgan fingerprint density at radius 3 is 2.44 bits per heavy atom. The number of imide groups is 2. The maximum Gasteiger partial charge on any atom is 0.335 e. The Morgan fingerprint density at radius 1 is 0.927 bits per heavy atom. The van der Waals surface area contributed by atoms with Crippen LogP contribution in [0, 0.1) is 6.92 Å². The second kappa shape index (κ2) is 13.3. The lowest BCUT2D eigenvalue weighted by molar-refractivity contribution is -0.122. The lowest BCUT2D eigenvalue weighted by atomic mass is 10.1. The Balaban J connectivity index is 1.51. The van der Waals surface area contributed by atoms with E-state index in [1.54, 1.807) is 48.5 Å². The largest absolute Gasteiger partial charge is 0.490 e. The Morgan fingerprint density at radius 2 is 1.71 bits per heavy atom. The molecule has 0 saturated carbocycles. The minimum Gasteiger partial charge on any atom is -0.490 e. The van der Waals surface area contributed by atoms with Crippen LogP contribution in [-0.2, 0) is 14.4 Å². The fourth-order valence-corrected chi connectivity index (χ4v) is 3.97. The van der Waals surface area contributed by atoms with Crippen LogP contribution >= 0.6 is 0 Å². The molecule has 3 aromatic rings. The SMILES string of the molecule is CCCOc1ccc(N2C(=O)NC(=O)/C(=C/c3cccc(OCC(=O)Nc4ccc(C)cc4)c3)C2=O)cc1OCC. The molecule has 10 heteroatoms. The van der Waals surface area contributed by atoms with Crippen LogP contribution in [0.25, 0.3) is 6.08 Å². The van der Waals surface area contributed by atoms with Gasteiger partial charge in [0, 0.05) is 11.8 Å². The first-order chi connectivity index (χ1) is 19.8. The fraction of sp³-hybridized carbons (Fsp3) is 0.226. The van der Waals surface area contributed by atoms with Gasteiger partial charge >= 0.3 is 6.03 Å². The van der Waals surface area contributed by atoms with E-state index in [0.29, 0.717) is 41.7 Å². The summed E-state index contributed by atoms with van der Waals surface area (Å²) in [7, 11) is 0. The number of rotatable bonds is 11. The molecule has 1 fully saturated rings. The van der Waals surface area contributed by atoms with E-state index >= 15 is 0 Å². The molecule has 2 N–H and O–H groups in total. The average Bonchev–Trinajstić information content (AvgIpc) is 2.95. The quantitative estimate of drug-likeness (QED) is 0.255. The van der Waals surface area contributed by atoms with Crippen LogP contribution in [0.1, 0.15) is 31.4 Å². The molecule has 1 saturated heterocycles. The third-order valence-corrected chi connectivity index (χ3v) is 5.92. The van der Waals surface area contributed by atoms with Gasteiger partial charge in [-0.2, -0.15) is 0 Å². The second-order valence-corrected chi connectivity index (χ2v) is 9.15. The van der Waals surface area contributed by atoms with E-state index < -0.39 is 17.8 Å². The first-order valence-corrected chi connectivity index (χ1v) is 13.2. The zero-order chi connectivity index (χ0) is 29.4. The third kappa shape index (κ3) is 7.30. The molecule has 1 heterocycles. The number of aryl methyl sites for hydroxylation is 1. The van der Waals surface area contributed by atoms with Gasteiger partial charge in [0.15, 0.2) is 18.1 Å². The van der Waals surface area contributed by atoms with E-state index in [9.17, 15) is 19.2 Å². The molecule has 3 aromatic carbocycles. The third-order valence-electron chi connectivity index (χ3n) is 5.92. The molecule has 0 aromatic heterocycles. The molecular weight excluding hydrogens is 526 g/mol. The van der Waals surface area contributed by atoms with Crippen molar-refractivity contribution in [3.63, 3.8) is 0 Å². The second-order valence-electron chi connectivity index (χ2n) is 9.15. The molecule has 1 aliphatic rings. The van der Waals surface area contributed by atoms with Crippen molar-refractivity contribution in [2.45, 2.75) is 27.2 Å². The van der Waals surface area contributed by atoms with E-state index in [4.69, 9.17) is 14.2 Å². The van der Waals surface area contributed by atoms with Crippen molar-refractivity contribution < 1.29 is 33.4 Å². The van der Waals surface area contributed by atoms with Crippen molar-refractivity contribution in [3.8, 4) is 17.2 Å². The summed E-state index contributed by atoms with van der Waals surface area (Å²) in [5, 5.41) is 4.97. The molecule has 212 valence electrons. The molecule has 0 radical (unpaired) electrons. The van der Waals surface area contributed by atoms with Gasteiger partial charge in [0.25, 0.3) is 17.7 Å². The van der Waals surface area contributed by atoms with Crippen molar-refractivity contribution in [1.82, 2.24) is 5.32 Å². The lowest BCUT2D eigenvalue weighted by Crippen LogP contribution is -2.54. The highest BCUT2D eigenvalue weighted by atomic mass is 16.5. The molecule has 0 aliphatic carbocycles. The maximum absolute atomic E-state index is 13.4. The van der Waals surface area contributed by atoms with Crippen LogP contribution in [0.3, 0.4) is 0 Å². The normalized spacial score (nSPS) is 14.1. The van der Waals surface area contributed by atoms with Crippen LogP contribution < -0.4 is 29.7 Å². The number of hydrogen-bond acceptors (Lipinski definition) is 7. The minimum absolute atomic E-state index is 0.217. The van der Waals surface area contributed by atoms with Gasteiger partial charge in [-0.05, 0) is 68.3 Å². The number of urea groups is 1. The molecule has 10 nitrogen and oxygen atoms in total. The summed E-state index contributed by atoms with van der Waals surface area (Å²) in [5.74, 6) is -0.748. The van der Waals surface area contributed by atoms with Crippen molar-refractivity contribution >= 4 is 41.2 Å². The fourth-order valence-electron chi connectivity index (χ4n) is 3.97. The number of anilines is 2. The van der Waals surface area contributed by atoms with Gasteiger partial charge in [0.1, 0.15) is 11.3 Å². The predicted octanol–water partition coefficient (Wildman–Crippen LogP) is 4.87. The van der Waals surface area contributed by atoms with E-state index in [1.165, 1.54) is 12.1 Å². The van der Waals surface area contributed by atoms with Crippen molar-refractivity contribution in [3.05, 3.63) is 83.4 Å².